The van der Waals surface area contributed by atoms with Crippen molar-refractivity contribution in [2.45, 2.75) is 51.1 Å². The van der Waals surface area contributed by atoms with E-state index in [1.165, 1.54) is 29.6 Å². The summed E-state index contributed by atoms with van der Waals surface area (Å²) in [5, 5.41) is 2.79. The lowest BCUT2D eigenvalue weighted by Crippen LogP contribution is -2.49. The number of aryl methyl sites for hydroxylation is 1. The Labute approximate surface area is 189 Å². The van der Waals surface area contributed by atoms with Gasteiger partial charge in [0, 0.05) is 14.1 Å². The van der Waals surface area contributed by atoms with Crippen LogP contribution in [0.4, 0.5) is 4.79 Å². The van der Waals surface area contributed by atoms with Crippen molar-refractivity contribution in [3.8, 4) is 0 Å². The molecule has 2 aromatic rings. The molecule has 4 rings (SSSR count). The molecule has 3 amide bonds. The van der Waals surface area contributed by atoms with Crippen molar-refractivity contribution in [2.75, 3.05) is 13.2 Å². The predicted octanol–water partition coefficient (Wildman–Crippen LogP) is -0.132. The quantitative estimate of drug-likeness (QED) is 0.468. The minimum Gasteiger partial charge on any atom is -0.462 e. The highest BCUT2D eigenvalue weighted by molar-refractivity contribution is 6.08. The van der Waals surface area contributed by atoms with Gasteiger partial charge in [0.25, 0.3) is 11.5 Å². The van der Waals surface area contributed by atoms with Crippen LogP contribution >= 0.6 is 0 Å². The lowest BCUT2D eigenvalue weighted by molar-refractivity contribution is -0.148. The largest absolute Gasteiger partial charge is 0.462 e. The van der Waals surface area contributed by atoms with E-state index in [1.54, 1.807) is 0 Å². The van der Waals surface area contributed by atoms with E-state index in [9.17, 15) is 24.0 Å². The van der Waals surface area contributed by atoms with Gasteiger partial charge in [0.1, 0.15) is 18.7 Å². The van der Waals surface area contributed by atoms with Crippen LogP contribution in [-0.4, -0.2) is 60.2 Å². The van der Waals surface area contributed by atoms with Crippen LogP contribution in [0.1, 0.15) is 39.0 Å². The molecule has 12 nitrogen and oxygen atoms in total. The zero-order valence-corrected chi connectivity index (χ0v) is 19.0. The third-order valence-electron chi connectivity index (χ3n) is 6.88. The van der Waals surface area contributed by atoms with Gasteiger partial charge < -0.3 is 14.6 Å². The van der Waals surface area contributed by atoms with Crippen molar-refractivity contribution in [1.29, 1.82) is 0 Å². The summed E-state index contributed by atoms with van der Waals surface area (Å²) >= 11 is 0. The molecule has 2 aliphatic rings. The van der Waals surface area contributed by atoms with Gasteiger partial charge in [-0.15, -0.1) is 0 Å². The van der Waals surface area contributed by atoms with Crippen molar-refractivity contribution in [3.05, 3.63) is 27.2 Å². The zero-order chi connectivity index (χ0) is 23.9. The molecule has 0 unspecified atom stereocenters. The Morgan fingerprint density at radius 1 is 1.18 bits per heavy atom. The normalized spacial score (nSPS) is 22.9. The molecule has 2 fully saturated rings. The first kappa shape index (κ1) is 22.7. The van der Waals surface area contributed by atoms with E-state index in [4.69, 9.17) is 4.74 Å². The second-order valence-corrected chi connectivity index (χ2v) is 8.79. The number of fused-ring (bicyclic) bond motifs is 1. The number of urea groups is 1. The van der Waals surface area contributed by atoms with E-state index in [0.717, 1.165) is 28.7 Å². The minimum absolute atomic E-state index is 0.0940. The molecular weight excluding hydrogens is 432 g/mol. The number of rotatable bonds is 6. The molecule has 1 saturated heterocycles. The summed E-state index contributed by atoms with van der Waals surface area (Å²) in [6.07, 6.45) is 5.32. The number of esters is 1. The molecule has 0 radical (unpaired) electrons. The number of imidazole rings is 1. The van der Waals surface area contributed by atoms with Crippen molar-refractivity contribution in [2.24, 2.45) is 20.0 Å². The summed E-state index contributed by atoms with van der Waals surface area (Å²) in [5.74, 6) is -0.538. The second-order valence-electron chi connectivity index (χ2n) is 8.79. The number of imide groups is 1. The van der Waals surface area contributed by atoms with Gasteiger partial charge in [0.05, 0.1) is 12.9 Å². The van der Waals surface area contributed by atoms with E-state index in [0.29, 0.717) is 18.8 Å². The maximum atomic E-state index is 12.9. The van der Waals surface area contributed by atoms with Crippen molar-refractivity contribution >= 4 is 29.1 Å². The summed E-state index contributed by atoms with van der Waals surface area (Å²) in [6.45, 7) is 1.68. The molecule has 0 aromatic carbocycles. The number of carbonyl (C=O) groups excluding carboxylic acids is 3. The number of nitrogens with zero attached hydrogens (tertiary/aromatic N) is 5. The van der Waals surface area contributed by atoms with Gasteiger partial charge in [-0.25, -0.2) is 14.6 Å². The molecule has 12 heteroatoms. The standard InChI is InChI=1S/C21H28N6O6/c1-4-13-5-7-21(8-6-13)18(30)27(19(31)23-21)11-14(28)33-10-9-26-12-22-16-15(26)17(29)25(3)20(32)24(16)2/h12-13H,4-11H2,1-3H3,(H,23,31). The van der Waals surface area contributed by atoms with E-state index in [2.05, 4.69) is 17.2 Å². The number of ether oxygens (including phenoxy) is 1. The molecule has 1 saturated carbocycles. The van der Waals surface area contributed by atoms with Gasteiger partial charge in [0.15, 0.2) is 11.2 Å². The number of hydrogen-bond donors (Lipinski definition) is 1. The first-order valence-corrected chi connectivity index (χ1v) is 11.1. The van der Waals surface area contributed by atoms with E-state index >= 15 is 0 Å². The lowest BCUT2D eigenvalue weighted by atomic mass is 9.75. The van der Waals surface area contributed by atoms with Gasteiger partial charge in [-0.2, -0.15) is 0 Å². The Hall–Kier alpha value is -3.44. The third kappa shape index (κ3) is 3.83. The van der Waals surface area contributed by atoms with Gasteiger partial charge in [-0.1, -0.05) is 13.3 Å². The summed E-state index contributed by atoms with van der Waals surface area (Å²) < 4.78 is 8.96. The second kappa shape index (κ2) is 8.49. The van der Waals surface area contributed by atoms with E-state index in [-0.39, 0.29) is 30.2 Å². The number of hydrogen-bond acceptors (Lipinski definition) is 7. The van der Waals surface area contributed by atoms with E-state index < -0.39 is 35.3 Å². The highest BCUT2D eigenvalue weighted by Gasteiger charge is 2.52. The Balaban J connectivity index is 1.37. The van der Waals surface area contributed by atoms with Crippen molar-refractivity contribution in [3.63, 3.8) is 0 Å². The first-order chi connectivity index (χ1) is 15.7. The number of carbonyl (C=O) groups is 3. The molecule has 1 spiro atoms. The molecule has 2 aromatic heterocycles. The predicted molar refractivity (Wildman–Crippen MR) is 116 cm³/mol. The number of aromatic nitrogens is 4. The molecule has 0 atom stereocenters. The zero-order valence-electron chi connectivity index (χ0n) is 19.0. The fourth-order valence-corrected chi connectivity index (χ4v) is 4.74. The number of amides is 3. The smallest absolute Gasteiger partial charge is 0.332 e. The van der Waals surface area contributed by atoms with E-state index in [1.807, 2.05) is 0 Å². The SMILES string of the molecule is CCC1CCC2(CC1)NC(=O)N(CC(=O)OCCn1cnc3c1c(=O)n(C)c(=O)n3C)C2=O. The highest BCUT2D eigenvalue weighted by atomic mass is 16.5. The van der Waals surface area contributed by atoms with Gasteiger partial charge >= 0.3 is 17.7 Å². The summed E-state index contributed by atoms with van der Waals surface area (Å²) in [6, 6.07) is -0.572. The molecule has 1 aliphatic heterocycles. The monoisotopic (exact) mass is 460 g/mol. The van der Waals surface area contributed by atoms with Crippen LogP contribution in [-0.2, 0) is 35.0 Å². The average Bonchev–Trinajstić information content (AvgIpc) is 3.32. The fraction of sp³-hybridized carbons (Fsp3) is 0.619. The molecule has 3 heterocycles. The van der Waals surface area contributed by atoms with Crippen LogP contribution in [0.15, 0.2) is 15.9 Å². The molecule has 178 valence electrons. The Morgan fingerprint density at radius 2 is 1.88 bits per heavy atom. The van der Waals surface area contributed by atoms with Crippen LogP contribution < -0.4 is 16.6 Å². The average molecular weight is 460 g/mol. The Morgan fingerprint density at radius 3 is 2.55 bits per heavy atom. The van der Waals surface area contributed by atoms with Crippen molar-refractivity contribution in [1.82, 2.24) is 28.9 Å². The van der Waals surface area contributed by atoms with Crippen LogP contribution in [0.25, 0.3) is 11.2 Å². The topological polar surface area (TPSA) is 138 Å². The maximum Gasteiger partial charge on any atom is 0.332 e. The van der Waals surface area contributed by atoms with Crippen LogP contribution in [0.2, 0.25) is 0 Å². The summed E-state index contributed by atoms with van der Waals surface area (Å²) in [7, 11) is 2.89. The first-order valence-electron chi connectivity index (χ1n) is 11.1. The molecule has 1 N–H and O–H groups in total. The summed E-state index contributed by atoms with van der Waals surface area (Å²) in [5.41, 5.74) is -1.45. The fourth-order valence-electron chi connectivity index (χ4n) is 4.74. The Bertz CT molecular complexity index is 1230. The highest BCUT2D eigenvalue weighted by Crippen LogP contribution is 2.37. The lowest BCUT2D eigenvalue weighted by Gasteiger charge is -2.34. The maximum absolute atomic E-state index is 12.9. The number of nitrogens with one attached hydrogen (secondary N) is 1. The van der Waals surface area contributed by atoms with Crippen molar-refractivity contribution < 1.29 is 19.1 Å². The molecule has 33 heavy (non-hydrogen) atoms. The van der Waals surface area contributed by atoms with Gasteiger partial charge in [-0.05, 0) is 31.6 Å². The summed E-state index contributed by atoms with van der Waals surface area (Å²) in [4.78, 5) is 67.2. The van der Waals surface area contributed by atoms with Crippen LogP contribution in [0.5, 0.6) is 0 Å². The molecule has 0 bridgehead atoms. The van der Waals surface area contributed by atoms with Crippen LogP contribution in [0.3, 0.4) is 0 Å². The minimum atomic E-state index is -0.908. The van der Waals surface area contributed by atoms with Crippen LogP contribution in [0, 0.1) is 5.92 Å². The molecular formula is C21H28N6O6. The third-order valence-corrected chi connectivity index (χ3v) is 6.88. The Kier molecular flexibility index (Phi) is 5.85. The van der Waals surface area contributed by atoms with Gasteiger partial charge in [0.2, 0.25) is 0 Å². The van der Waals surface area contributed by atoms with Gasteiger partial charge in [-0.3, -0.25) is 28.4 Å². The molecule has 1 aliphatic carbocycles.